The van der Waals surface area contributed by atoms with Gasteiger partial charge in [-0.05, 0) is 47.4 Å². The zero-order chi connectivity index (χ0) is 25.2. The van der Waals surface area contributed by atoms with Crippen LogP contribution in [0.1, 0.15) is 57.2 Å². The average molecular weight is 488 g/mol. The third kappa shape index (κ3) is 5.68. The highest BCUT2D eigenvalue weighted by Gasteiger charge is 2.29. The van der Waals surface area contributed by atoms with Crippen molar-refractivity contribution in [1.29, 1.82) is 0 Å². The molecule has 0 saturated heterocycles. The van der Waals surface area contributed by atoms with E-state index in [4.69, 9.17) is 14.7 Å². The summed E-state index contributed by atoms with van der Waals surface area (Å²) < 4.78 is 11.7. The second-order valence-corrected chi connectivity index (χ2v) is 10.9. The second-order valence-electron chi connectivity index (χ2n) is 9.99. The second kappa shape index (κ2) is 10.1. The van der Waals surface area contributed by atoms with Gasteiger partial charge in [0.2, 0.25) is 11.8 Å². The van der Waals surface area contributed by atoms with Crippen LogP contribution >= 0.6 is 11.9 Å². The van der Waals surface area contributed by atoms with Gasteiger partial charge in [-0.2, -0.15) is 10.1 Å². The molecule has 2 heterocycles. The number of hydrogen-bond donors (Lipinski definition) is 1. The third-order valence-corrected chi connectivity index (χ3v) is 6.45. The summed E-state index contributed by atoms with van der Waals surface area (Å²) in [6, 6.07) is 16.5. The number of para-hydroxylation sites is 1. The molecule has 7 heteroatoms. The van der Waals surface area contributed by atoms with Crippen LogP contribution in [0.25, 0.3) is 11.3 Å². The molecule has 0 atom stereocenters. The lowest BCUT2D eigenvalue weighted by Gasteiger charge is -2.26. The van der Waals surface area contributed by atoms with Crippen LogP contribution in [0.15, 0.2) is 65.8 Å². The Morgan fingerprint density at radius 1 is 1.00 bits per heavy atom. The number of anilines is 1. The lowest BCUT2D eigenvalue weighted by Crippen LogP contribution is -2.18. The van der Waals surface area contributed by atoms with Gasteiger partial charge in [-0.3, -0.25) is 9.40 Å². The summed E-state index contributed by atoms with van der Waals surface area (Å²) in [6.07, 6.45) is 3.75. The Morgan fingerprint density at radius 3 is 2.37 bits per heavy atom. The molecule has 4 aromatic rings. The molecular weight excluding hydrogens is 454 g/mol. The smallest absolute Gasteiger partial charge is 0.237 e. The van der Waals surface area contributed by atoms with E-state index in [0.29, 0.717) is 17.7 Å². The number of ether oxygens (including phenoxy) is 1. The van der Waals surface area contributed by atoms with Gasteiger partial charge in [0.05, 0.1) is 16.8 Å². The van der Waals surface area contributed by atoms with Gasteiger partial charge in [0, 0.05) is 24.4 Å². The number of hydrogen-bond acceptors (Lipinski definition) is 6. The van der Waals surface area contributed by atoms with Crippen LogP contribution in [-0.4, -0.2) is 19.7 Å². The topological polar surface area (TPSA) is 64.9 Å². The monoisotopic (exact) mass is 487 g/mol. The fraction of sp³-hybridized carbons (Fsp3) is 0.321. The first kappa shape index (κ1) is 24.8. The summed E-state index contributed by atoms with van der Waals surface area (Å²) in [4.78, 5) is 10.9. The van der Waals surface area contributed by atoms with E-state index in [1.807, 2.05) is 43.6 Å². The van der Waals surface area contributed by atoms with Crippen molar-refractivity contribution >= 4 is 17.9 Å². The minimum absolute atomic E-state index is 0.255. The van der Waals surface area contributed by atoms with Gasteiger partial charge in [-0.25, -0.2) is 4.98 Å². The standard InChI is InChI=1S/C28H33N5OS/c1-18(2)21-13-10-11-15-23(21)34-26-24(28(4,5)6)25(22-14-9-8-12-19(22)3)30-27(31-26)32-35-20-16-29-33(7)17-20/h8-18H,1-7H3,(H,30,31,32). The predicted molar refractivity (Wildman–Crippen MR) is 144 cm³/mol. The van der Waals surface area contributed by atoms with Crippen molar-refractivity contribution in [3.05, 3.63) is 77.6 Å². The van der Waals surface area contributed by atoms with Gasteiger partial charge in [0.1, 0.15) is 5.75 Å². The quantitative estimate of drug-likeness (QED) is 0.272. The number of benzene rings is 2. The highest BCUT2D eigenvalue weighted by atomic mass is 32.2. The molecule has 182 valence electrons. The number of rotatable bonds is 7. The van der Waals surface area contributed by atoms with E-state index in [1.54, 1.807) is 10.9 Å². The zero-order valence-electron chi connectivity index (χ0n) is 21.5. The molecule has 2 aromatic heterocycles. The van der Waals surface area contributed by atoms with Crippen molar-refractivity contribution in [2.75, 3.05) is 4.72 Å². The zero-order valence-corrected chi connectivity index (χ0v) is 22.3. The number of aryl methyl sites for hydroxylation is 2. The number of aromatic nitrogens is 4. The first-order valence-electron chi connectivity index (χ1n) is 11.8. The van der Waals surface area contributed by atoms with E-state index in [1.165, 1.54) is 11.9 Å². The fourth-order valence-corrected chi connectivity index (χ4v) is 4.59. The molecule has 1 N–H and O–H groups in total. The minimum Gasteiger partial charge on any atom is -0.438 e. The third-order valence-electron chi connectivity index (χ3n) is 5.72. The Labute approximate surface area is 212 Å². The Bertz CT molecular complexity index is 1320. The molecule has 0 aliphatic carbocycles. The van der Waals surface area contributed by atoms with Gasteiger partial charge in [-0.1, -0.05) is 77.1 Å². The maximum absolute atomic E-state index is 6.61. The van der Waals surface area contributed by atoms with Crippen molar-refractivity contribution < 1.29 is 4.74 Å². The molecule has 0 amide bonds. The molecule has 0 radical (unpaired) electrons. The van der Waals surface area contributed by atoms with Gasteiger partial charge >= 0.3 is 0 Å². The SMILES string of the molecule is Cc1ccccc1-c1nc(NSc2cnn(C)c2)nc(Oc2ccccc2C(C)C)c1C(C)(C)C. The van der Waals surface area contributed by atoms with E-state index >= 15 is 0 Å². The molecule has 0 aliphatic heterocycles. The molecule has 0 bridgehead atoms. The molecule has 35 heavy (non-hydrogen) atoms. The van der Waals surface area contributed by atoms with Gasteiger partial charge in [0.25, 0.3) is 0 Å². The minimum atomic E-state index is -0.255. The molecule has 4 rings (SSSR count). The van der Waals surface area contributed by atoms with Crippen LogP contribution in [0.3, 0.4) is 0 Å². The summed E-state index contributed by atoms with van der Waals surface area (Å²) >= 11 is 1.42. The summed E-state index contributed by atoms with van der Waals surface area (Å²) in [5, 5.41) is 4.24. The molecule has 0 aliphatic rings. The number of nitrogens with zero attached hydrogens (tertiary/aromatic N) is 4. The molecule has 0 saturated carbocycles. The normalized spacial score (nSPS) is 11.7. The van der Waals surface area contributed by atoms with Crippen LogP contribution in [0.2, 0.25) is 0 Å². The lowest BCUT2D eigenvalue weighted by atomic mass is 9.84. The highest BCUT2D eigenvalue weighted by Crippen LogP contribution is 2.42. The summed E-state index contributed by atoms with van der Waals surface area (Å²) in [5.41, 5.74) is 4.95. The molecular formula is C28H33N5OS. The molecule has 0 fully saturated rings. The van der Waals surface area contributed by atoms with Gasteiger partial charge in [-0.15, -0.1) is 0 Å². The van der Waals surface area contributed by atoms with Crippen LogP contribution in [0, 0.1) is 6.92 Å². The first-order chi connectivity index (χ1) is 16.6. The Morgan fingerprint density at radius 2 is 1.71 bits per heavy atom. The average Bonchev–Trinajstić information content (AvgIpc) is 3.22. The van der Waals surface area contributed by atoms with E-state index in [9.17, 15) is 0 Å². The maximum atomic E-state index is 6.61. The van der Waals surface area contributed by atoms with Crippen LogP contribution in [0.5, 0.6) is 11.6 Å². The van der Waals surface area contributed by atoms with Crippen molar-refractivity contribution in [1.82, 2.24) is 19.7 Å². The van der Waals surface area contributed by atoms with E-state index in [-0.39, 0.29) is 5.41 Å². The van der Waals surface area contributed by atoms with Crippen molar-refractivity contribution in [2.24, 2.45) is 7.05 Å². The molecule has 2 aromatic carbocycles. The van der Waals surface area contributed by atoms with Crippen molar-refractivity contribution in [3.8, 4) is 22.9 Å². The molecule has 6 nitrogen and oxygen atoms in total. The van der Waals surface area contributed by atoms with E-state index in [2.05, 4.69) is 69.6 Å². The Hall–Kier alpha value is -3.32. The highest BCUT2D eigenvalue weighted by molar-refractivity contribution is 8.00. The summed E-state index contributed by atoms with van der Waals surface area (Å²) in [7, 11) is 1.90. The van der Waals surface area contributed by atoms with Crippen LogP contribution in [-0.2, 0) is 12.5 Å². The number of nitrogens with one attached hydrogen (secondary N) is 1. The fourth-order valence-electron chi connectivity index (χ4n) is 3.98. The predicted octanol–water partition coefficient (Wildman–Crippen LogP) is 7.52. The van der Waals surface area contributed by atoms with E-state index < -0.39 is 0 Å². The van der Waals surface area contributed by atoms with Crippen molar-refractivity contribution in [3.63, 3.8) is 0 Å². The van der Waals surface area contributed by atoms with Crippen LogP contribution in [0.4, 0.5) is 5.95 Å². The van der Waals surface area contributed by atoms with Gasteiger partial charge in [0.15, 0.2) is 0 Å². The maximum Gasteiger partial charge on any atom is 0.237 e. The first-order valence-corrected chi connectivity index (χ1v) is 12.6. The summed E-state index contributed by atoms with van der Waals surface area (Å²) in [6.45, 7) is 13.0. The molecule has 0 unspecified atom stereocenters. The Kier molecular flexibility index (Phi) is 7.17. The lowest BCUT2D eigenvalue weighted by molar-refractivity contribution is 0.430. The van der Waals surface area contributed by atoms with E-state index in [0.717, 1.165) is 38.6 Å². The Balaban J connectivity index is 1.88. The largest absolute Gasteiger partial charge is 0.438 e. The van der Waals surface area contributed by atoms with Crippen molar-refractivity contribution in [2.45, 2.75) is 57.8 Å². The van der Waals surface area contributed by atoms with Gasteiger partial charge < -0.3 is 4.74 Å². The van der Waals surface area contributed by atoms with Crippen LogP contribution < -0.4 is 9.46 Å². The summed E-state index contributed by atoms with van der Waals surface area (Å²) in [5.74, 6) is 2.18. The molecule has 0 spiro atoms.